The molecular weight excluding hydrogens is 276 g/mol. The second kappa shape index (κ2) is 5.32. The number of ether oxygens (including phenoxy) is 1. The maximum Gasteiger partial charge on any atom is 0.199 e. The molecule has 0 amide bonds. The van der Waals surface area contributed by atoms with Crippen LogP contribution in [0.3, 0.4) is 0 Å². The fourth-order valence-electron chi connectivity index (χ4n) is 1.70. The van der Waals surface area contributed by atoms with Gasteiger partial charge in [-0.15, -0.1) is 0 Å². The Hall–Kier alpha value is -2.37. The van der Waals surface area contributed by atoms with Gasteiger partial charge in [-0.1, -0.05) is 0 Å². The number of halogens is 4. The van der Waals surface area contributed by atoms with Crippen LogP contribution in [0.2, 0.25) is 0 Å². The van der Waals surface area contributed by atoms with E-state index in [9.17, 15) is 22.4 Å². The van der Waals surface area contributed by atoms with Crippen molar-refractivity contribution in [1.82, 2.24) is 0 Å². The number of hydrogen-bond donors (Lipinski definition) is 0. The van der Waals surface area contributed by atoms with Gasteiger partial charge in [0.1, 0.15) is 11.6 Å². The maximum atomic E-state index is 13.6. The quantitative estimate of drug-likeness (QED) is 0.490. The Morgan fingerprint density at radius 3 is 2.30 bits per heavy atom. The fourth-order valence-corrected chi connectivity index (χ4v) is 1.70. The Kier molecular flexibility index (Phi) is 3.74. The van der Waals surface area contributed by atoms with E-state index in [2.05, 4.69) is 0 Å². The molecule has 0 saturated carbocycles. The molecule has 0 unspecified atom stereocenters. The molecule has 0 atom stereocenters. The third-order valence-corrected chi connectivity index (χ3v) is 2.69. The van der Waals surface area contributed by atoms with Gasteiger partial charge in [-0.2, -0.15) is 0 Å². The van der Waals surface area contributed by atoms with Gasteiger partial charge in [-0.05, 0) is 30.3 Å². The molecule has 0 N–H and O–H groups in total. The molecule has 2 aromatic carbocycles. The van der Waals surface area contributed by atoms with Crippen molar-refractivity contribution < 1.29 is 27.1 Å². The van der Waals surface area contributed by atoms with Gasteiger partial charge in [0.05, 0.1) is 18.2 Å². The smallest absolute Gasteiger partial charge is 0.199 e. The van der Waals surface area contributed by atoms with Gasteiger partial charge in [0.2, 0.25) is 0 Å². The van der Waals surface area contributed by atoms with Crippen LogP contribution in [0.5, 0.6) is 5.75 Å². The van der Waals surface area contributed by atoms with Crippen LogP contribution in [-0.4, -0.2) is 12.9 Å². The van der Waals surface area contributed by atoms with Crippen molar-refractivity contribution in [3.05, 3.63) is 64.7 Å². The molecule has 2 nitrogen and oxygen atoms in total. The lowest BCUT2D eigenvalue weighted by atomic mass is 10.0. The number of hydrogen-bond acceptors (Lipinski definition) is 2. The Labute approximate surface area is 111 Å². The zero-order chi connectivity index (χ0) is 14.9. The maximum absolute atomic E-state index is 13.6. The second-order valence-electron chi connectivity index (χ2n) is 3.90. The molecule has 6 heteroatoms. The Morgan fingerprint density at radius 2 is 1.65 bits per heavy atom. The van der Waals surface area contributed by atoms with Crippen LogP contribution in [0.1, 0.15) is 15.9 Å². The molecule has 0 heterocycles. The third kappa shape index (κ3) is 2.36. The van der Waals surface area contributed by atoms with Crippen molar-refractivity contribution in [1.29, 1.82) is 0 Å². The minimum absolute atomic E-state index is 0.000494. The average molecular weight is 284 g/mol. The van der Waals surface area contributed by atoms with E-state index in [0.717, 1.165) is 18.2 Å². The third-order valence-electron chi connectivity index (χ3n) is 2.69. The van der Waals surface area contributed by atoms with Gasteiger partial charge in [-0.25, -0.2) is 17.6 Å². The first-order valence-corrected chi connectivity index (χ1v) is 5.47. The predicted molar refractivity (Wildman–Crippen MR) is 62.7 cm³/mol. The summed E-state index contributed by atoms with van der Waals surface area (Å²) in [5, 5.41) is 0. The molecule has 0 aliphatic heterocycles. The van der Waals surface area contributed by atoms with E-state index >= 15 is 0 Å². The summed E-state index contributed by atoms with van der Waals surface area (Å²) in [6.07, 6.45) is 0. The van der Waals surface area contributed by atoms with Crippen molar-refractivity contribution >= 4 is 5.78 Å². The highest BCUT2D eigenvalue weighted by atomic mass is 19.2. The molecule has 0 aliphatic carbocycles. The van der Waals surface area contributed by atoms with E-state index in [1.807, 2.05) is 0 Å². The summed E-state index contributed by atoms with van der Waals surface area (Å²) < 4.78 is 57.5. The zero-order valence-corrected chi connectivity index (χ0v) is 10.2. The summed E-state index contributed by atoms with van der Waals surface area (Å²) in [5.41, 5.74) is -0.981. The van der Waals surface area contributed by atoms with Crippen LogP contribution >= 0.6 is 0 Å². The molecule has 0 radical (unpaired) electrons. The number of ketones is 1. The molecule has 0 fully saturated rings. The summed E-state index contributed by atoms with van der Waals surface area (Å²) in [6, 6.07) is 4.48. The highest BCUT2D eigenvalue weighted by molar-refractivity contribution is 6.10. The Balaban J connectivity index is 2.57. The molecule has 20 heavy (non-hydrogen) atoms. The van der Waals surface area contributed by atoms with Gasteiger partial charge in [0.15, 0.2) is 23.2 Å². The van der Waals surface area contributed by atoms with Gasteiger partial charge in [0, 0.05) is 0 Å². The largest absolute Gasteiger partial charge is 0.496 e. The average Bonchev–Trinajstić information content (AvgIpc) is 2.44. The minimum Gasteiger partial charge on any atom is -0.496 e. The lowest BCUT2D eigenvalue weighted by Gasteiger charge is -2.09. The summed E-state index contributed by atoms with van der Waals surface area (Å²) >= 11 is 0. The summed E-state index contributed by atoms with van der Waals surface area (Å²) in [4.78, 5) is 12.1. The molecule has 0 aromatic heterocycles. The predicted octanol–water partition coefficient (Wildman–Crippen LogP) is 3.48. The first-order valence-electron chi connectivity index (χ1n) is 5.47. The van der Waals surface area contributed by atoms with Gasteiger partial charge >= 0.3 is 0 Å². The van der Waals surface area contributed by atoms with Gasteiger partial charge < -0.3 is 4.74 Å². The van der Waals surface area contributed by atoms with E-state index in [-0.39, 0.29) is 11.3 Å². The molecular formula is C14H8F4O2. The van der Waals surface area contributed by atoms with Crippen LogP contribution < -0.4 is 4.74 Å². The molecule has 0 spiro atoms. The lowest BCUT2D eigenvalue weighted by molar-refractivity contribution is 0.103. The highest BCUT2D eigenvalue weighted by Gasteiger charge is 2.22. The zero-order valence-electron chi connectivity index (χ0n) is 10.2. The fraction of sp³-hybridized carbons (Fsp3) is 0.0714. The summed E-state index contributed by atoms with van der Waals surface area (Å²) in [6.45, 7) is 0. The van der Waals surface area contributed by atoms with Crippen molar-refractivity contribution in [3.63, 3.8) is 0 Å². The first-order chi connectivity index (χ1) is 9.45. The van der Waals surface area contributed by atoms with Crippen molar-refractivity contribution in [2.75, 3.05) is 7.11 Å². The van der Waals surface area contributed by atoms with Crippen LogP contribution in [0, 0.1) is 23.3 Å². The molecule has 2 rings (SSSR count). The van der Waals surface area contributed by atoms with E-state index in [0.29, 0.717) is 6.07 Å². The van der Waals surface area contributed by atoms with Crippen molar-refractivity contribution in [3.8, 4) is 5.75 Å². The molecule has 0 bridgehead atoms. The minimum atomic E-state index is -1.76. The topological polar surface area (TPSA) is 26.3 Å². The highest BCUT2D eigenvalue weighted by Crippen LogP contribution is 2.25. The van der Waals surface area contributed by atoms with E-state index < -0.39 is 34.6 Å². The van der Waals surface area contributed by atoms with E-state index in [4.69, 9.17) is 4.74 Å². The van der Waals surface area contributed by atoms with Crippen molar-refractivity contribution in [2.24, 2.45) is 0 Å². The van der Waals surface area contributed by atoms with Crippen LogP contribution in [0.25, 0.3) is 0 Å². The van der Waals surface area contributed by atoms with Crippen LogP contribution in [0.4, 0.5) is 17.6 Å². The number of rotatable bonds is 3. The second-order valence-corrected chi connectivity index (χ2v) is 3.90. The molecule has 0 aliphatic rings. The van der Waals surface area contributed by atoms with Gasteiger partial charge in [-0.3, -0.25) is 4.79 Å². The van der Waals surface area contributed by atoms with Crippen molar-refractivity contribution in [2.45, 2.75) is 0 Å². The van der Waals surface area contributed by atoms with E-state index in [1.165, 1.54) is 13.2 Å². The number of carbonyl (C=O) groups is 1. The number of methoxy groups -OCH3 is 1. The van der Waals surface area contributed by atoms with E-state index in [1.54, 1.807) is 0 Å². The molecule has 104 valence electrons. The summed E-state index contributed by atoms with van der Waals surface area (Å²) in [5.74, 6) is -6.53. The SMILES string of the molecule is COc1ccc(F)cc1C(=O)c1ccc(F)c(F)c1F. The standard InChI is InChI=1S/C14H8F4O2/c1-20-11-5-2-7(15)6-9(11)14(19)8-3-4-10(16)13(18)12(8)17/h2-6H,1H3. The number of benzene rings is 2. The first kappa shape index (κ1) is 14.0. The van der Waals surface area contributed by atoms with Gasteiger partial charge in [0.25, 0.3) is 0 Å². The number of carbonyl (C=O) groups excluding carboxylic acids is 1. The summed E-state index contributed by atoms with van der Waals surface area (Å²) in [7, 11) is 1.24. The Morgan fingerprint density at radius 1 is 0.950 bits per heavy atom. The monoisotopic (exact) mass is 284 g/mol. The molecule has 2 aromatic rings. The molecule has 0 saturated heterocycles. The normalized spacial score (nSPS) is 10.4. The lowest BCUT2D eigenvalue weighted by Crippen LogP contribution is -2.09. The van der Waals surface area contributed by atoms with Crippen LogP contribution in [-0.2, 0) is 0 Å². The Bertz CT molecular complexity index is 683. The van der Waals surface area contributed by atoms with Crippen LogP contribution in [0.15, 0.2) is 30.3 Å².